The number of nitrogens with zero attached hydrogens (tertiary/aromatic N) is 1. The van der Waals surface area contributed by atoms with Gasteiger partial charge in [-0.15, -0.1) is 0 Å². The van der Waals surface area contributed by atoms with Crippen LogP contribution >= 0.6 is 0 Å². The van der Waals surface area contributed by atoms with Crippen molar-refractivity contribution in [1.82, 2.24) is 0 Å². The minimum absolute atomic E-state index is 0.193. The van der Waals surface area contributed by atoms with Crippen LogP contribution in [0.25, 0.3) is 11.1 Å². The Balaban J connectivity index is 2.34. The van der Waals surface area contributed by atoms with Gasteiger partial charge in [-0.1, -0.05) is 26.0 Å². The first-order valence-corrected chi connectivity index (χ1v) is 8.21. The van der Waals surface area contributed by atoms with Crippen molar-refractivity contribution in [1.29, 1.82) is 0 Å². The van der Waals surface area contributed by atoms with Gasteiger partial charge in [-0.05, 0) is 30.0 Å². The molecule has 0 spiro atoms. The van der Waals surface area contributed by atoms with E-state index in [-0.39, 0.29) is 11.6 Å². The van der Waals surface area contributed by atoms with E-state index >= 15 is 0 Å². The average molecular weight is 344 g/mol. The molecule has 0 heterocycles. The second-order valence-corrected chi connectivity index (χ2v) is 6.70. The molecule has 0 fully saturated rings. The van der Waals surface area contributed by atoms with E-state index in [2.05, 4.69) is 5.32 Å². The highest BCUT2D eigenvalue weighted by molar-refractivity contribution is 5.86. The molecular weight excluding hydrogens is 320 g/mol. The van der Waals surface area contributed by atoms with Crippen molar-refractivity contribution >= 4 is 17.3 Å². The van der Waals surface area contributed by atoms with Gasteiger partial charge in [0.05, 0.1) is 18.4 Å². The molecule has 6 nitrogen and oxygen atoms in total. The number of esters is 1. The van der Waals surface area contributed by atoms with E-state index in [4.69, 9.17) is 4.74 Å². The first-order valence-electron chi connectivity index (χ1n) is 8.21. The summed E-state index contributed by atoms with van der Waals surface area (Å²) in [5.74, 6) is -0.221. The molecule has 6 heteroatoms. The van der Waals surface area contributed by atoms with Crippen molar-refractivity contribution in [3.8, 4) is 11.1 Å². The molecule has 0 aliphatic carbocycles. The number of hydrogen-bond donors (Lipinski definition) is 1. The molecular formula is C19H24N2O4. The minimum atomic E-state index is -0.659. The van der Waals surface area contributed by atoms with Gasteiger partial charge in [0.1, 0.15) is 6.04 Å². The fourth-order valence-corrected chi connectivity index (χ4v) is 2.73. The zero-order valence-electron chi connectivity index (χ0n) is 15.3. The molecule has 25 heavy (non-hydrogen) atoms. The Hall–Kier alpha value is -2.63. The van der Waals surface area contributed by atoms with Crippen LogP contribution in [0.5, 0.6) is 0 Å². The predicted octanol–water partition coefficient (Wildman–Crippen LogP) is 2.02. The van der Waals surface area contributed by atoms with Crippen molar-refractivity contribution in [2.45, 2.75) is 26.3 Å². The lowest BCUT2D eigenvalue weighted by Gasteiger charge is -2.22. The molecule has 2 aromatic carbocycles. The molecule has 2 rings (SSSR count). The Bertz CT molecular complexity index is 815. The average Bonchev–Trinajstić information content (AvgIpc) is 2.59. The van der Waals surface area contributed by atoms with E-state index in [9.17, 15) is 14.4 Å². The first-order chi connectivity index (χ1) is 11.8. The molecule has 0 radical (unpaired) electrons. The highest BCUT2D eigenvalue weighted by atomic mass is 16.5. The lowest BCUT2D eigenvalue weighted by molar-refractivity contribution is -0.141. The fourth-order valence-electron chi connectivity index (χ4n) is 2.73. The van der Waals surface area contributed by atoms with E-state index < -0.39 is 22.9 Å². The van der Waals surface area contributed by atoms with E-state index in [1.165, 1.54) is 7.11 Å². The largest absolute Gasteiger partial charge is 0.467 e. The molecule has 1 N–H and O–H groups in total. The summed E-state index contributed by atoms with van der Waals surface area (Å²) in [6, 6.07) is 6.69. The Morgan fingerprint density at radius 3 is 2.20 bits per heavy atom. The van der Waals surface area contributed by atoms with Crippen LogP contribution in [-0.2, 0) is 9.53 Å². The van der Waals surface area contributed by atoms with E-state index in [1.54, 1.807) is 12.1 Å². The molecule has 0 bridgehead atoms. The standard InChI is InChI=1S/C19H24N2O4/c1-11(2)10-14(19(24)25-5)20-16-15(17(22)18(16)23)12-6-8-13(9-7-12)21(3)4/h6-9,11,14,20H,10H2,1-5H3. The molecule has 0 saturated heterocycles. The number of carbonyl (C=O) groups is 1. The summed E-state index contributed by atoms with van der Waals surface area (Å²) in [7, 11) is 5.15. The molecule has 1 unspecified atom stereocenters. The predicted molar refractivity (Wildman–Crippen MR) is 100.0 cm³/mol. The Morgan fingerprint density at radius 2 is 1.72 bits per heavy atom. The summed E-state index contributed by atoms with van der Waals surface area (Å²) in [5.41, 5.74) is 1.04. The summed E-state index contributed by atoms with van der Waals surface area (Å²) in [6.07, 6.45) is 0.504. The number of hydrogen-bond acceptors (Lipinski definition) is 6. The number of anilines is 2. The van der Waals surface area contributed by atoms with Crippen LogP contribution in [0.1, 0.15) is 20.3 Å². The van der Waals surface area contributed by atoms with Crippen LogP contribution in [-0.4, -0.2) is 33.2 Å². The third-order valence-electron chi connectivity index (χ3n) is 4.09. The molecule has 0 aromatic heterocycles. The van der Waals surface area contributed by atoms with Crippen molar-refractivity contribution in [2.24, 2.45) is 5.92 Å². The molecule has 0 aliphatic rings. The number of carbonyl (C=O) groups excluding carboxylic acids is 1. The van der Waals surface area contributed by atoms with Gasteiger partial charge < -0.3 is 15.0 Å². The summed E-state index contributed by atoms with van der Waals surface area (Å²) < 4.78 is 4.80. The lowest BCUT2D eigenvalue weighted by Crippen LogP contribution is -2.41. The van der Waals surface area contributed by atoms with Gasteiger partial charge in [-0.3, -0.25) is 9.59 Å². The maximum Gasteiger partial charge on any atom is 0.328 e. The van der Waals surface area contributed by atoms with Crippen LogP contribution in [0.4, 0.5) is 11.4 Å². The molecule has 1 atom stereocenters. The quantitative estimate of drug-likeness (QED) is 0.612. The summed E-state index contributed by atoms with van der Waals surface area (Å²) in [6.45, 7) is 3.95. The van der Waals surface area contributed by atoms with Gasteiger partial charge in [-0.25, -0.2) is 4.79 Å². The number of ether oxygens (including phenoxy) is 1. The maximum atomic E-state index is 12.1. The van der Waals surface area contributed by atoms with Gasteiger partial charge in [0.25, 0.3) is 0 Å². The first kappa shape index (κ1) is 18.7. The van der Waals surface area contributed by atoms with Crippen LogP contribution in [0.3, 0.4) is 0 Å². The Labute approximate surface area is 147 Å². The highest BCUT2D eigenvalue weighted by Gasteiger charge is 2.28. The molecule has 0 amide bonds. The topological polar surface area (TPSA) is 75.7 Å². The second-order valence-electron chi connectivity index (χ2n) is 6.70. The van der Waals surface area contributed by atoms with E-state index in [1.807, 2.05) is 45.0 Å². The van der Waals surface area contributed by atoms with Gasteiger partial charge in [0, 0.05) is 19.8 Å². The smallest absolute Gasteiger partial charge is 0.328 e. The lowest BCUT2D eigenvalue weighted by atomic mass is 9.96. The number of methoxy groups -OCH3 is 1. The normalized spacial score (nSPS) is 12.2. The Kier molecular flexibility index (Phi) is 5.62. The molecule has 2 aromatic rings. The number of benzene rings is 1. The summed E-state index contributed by atoms with van der Waals surface area (Å²) >= 11 is 0. The summed E-state index contributed by atoms with van der Waals surface area (Å²) in [5, 5.41) is 2.93. The van der Waals surface area contributed by atoms with Crippen LogP contribution in [0.2, 0.25) is 0 Å². The number of nitrogens with one attached hydrogen (secondary N) is 1. The number of rotatable bonds is 7. The fraction of sp³-hybridized carbons (Fsp3) is 0.421. The monoisotopic (exact) mass is 344 g/mol. The van der Waals surface area contributed by atoms with Crippen LogP contribution < -0.4 is 21.1 Å². The van der Waals surface area contributed by atoms with E-state index in [0.29, 0.717) is 17.5 Å². The minimum Gasteiger partial charge on any atom is -0.467 e. The van der Waals surface area contributed by atoms with Gasteiger partial charge in [-0.2, -0.15) is 0 Å². The van der Waals surface area contributed by atoms with Crippen LogP contribution in [0, 0.1) is 5.92 Å². The zero-order valence-corrected chi connectivity index (χ0v) is 15.3. The van der Waals surface area contributed by atoms with Crippen molar-refractivity contribution in [3.05, 3.63) is 44.7 Å². The van der Waals surface area contributed by atoms with Gasteiger partial charge in [0.2, 0.25) is 10.9 Å². The van der Waals surface area contributed by atoms with Crippen molar-refractivity contribution < 1.29 is 9.53 Å². The third-order valence-corrected chi connectivity index (χ3v) is 4.09. The molecule has 0 saturated carbocycles. The summed E-state index contributed by atoms with van der Waals surface area (Å²) in [4.78, 5) is 38.0. The Morgan fingerprint density at radius 1 is 1.12 bits per heavy atom. The van der Waals surface area contributed by atoms with Gasteiger partial charge >= 0.3 is 5.97 Å². The van der Waals surface area contributed by atoms with Gasteiger partial charge in [0.15, 0.2) is 0 Å². The SMILES string of the molecule is COC(=O)C(CC(C)C)Nc1c(-c2ccc(N(C)C)cc2)c(=O)c1=O. The van der Waals surface area contributed by atoms with Crippen LogP contribution in [0.15, 0.2) is 33.9 Å². The molecule has 134 valence electrons. The maximum absolute atomic E-state index is 12.1. The van der Waals surface area contributed by atoms with Crippen molar-refractivity contribution in [3.63, 3.8) is 0 Å². The second kappa shape index (κ2) is 7.51. The third kappa shape index (κ3) is 3.90. The van der Waals surface area contributed by atoms with Crippen molar-refractivity contribution in [2.75, 3.05) is 31.4 Å². The molecule has 0 aliphatic heterocycles. The van der Waals surface area contributed by atoms with E-state index in [0.717, 1.165) is 5.69 Å². The zero-order chi connectivity index (χ0) is 18.7. The highest BCUT2D eigenvalue weighted by Crippen LogP contribution is 2.27.